The highest BCUT2D eigenvalue weighted by atomic mass is 35.5. The molecule has 0 saturated carbocycles. The quantitative estimate of drug-likeness (QED) is 0.737. The topological polar surface area (TPSA) is 38.4 Å². The first kappa shape index (κ1) is 11.0. The Labute approximate surface area is 100 Å². The Morgan fingerprint density at radius 2 is 2.06 bits per heavy atom. The van der Waals surface area contributed by atoms with Crippen molar-refractivity contribution in [2.45, 2.75) is 12.8 Å². The van der Waals surface area contributed by atoms with Crippen LogP contribution in [0.3, 0.4) is 0 Å². The molecule has 0 aromatic heterocycles. The first-order valence-corrected chi connectivity index (χ1v) is 5.59. The van der Waals surface area contributed by atoms with Crippen molar-refractivity contribution >= 4 is 29.2 Å². The third-order valence-electron chi connectivity index (χ3n) is 2.32. The monoisotopic (exact) mass is 232 g/mol. The molecule has 1 aliphatic heterocycles. The predicted octanol–water partition coefficient (Wildman–Crippen LogP) is 3.68. The second-order valence-electron chi connectivity index (χ2n) is 3.65. The highest BCUT2D eigenvalue weighted by Crippen LogP contribution is 2.24. The number of hydrogen-bond acceptors (Lipinski definition) is 2. The molecule has 1 aromatic rings. The Bertz CT molecular complexity index is 453. The van der Waals surface area contributed by atoms with E-state index in [1.54, 1.807) is 12.3 Å². The van der Waals surface area contributed by atoms with Crippen molar-refractivity contribution in [1.82, 2.24) is 0 Å². The summed E-state index contributed by atoms with van der Waals surface area (Å²) in [6, 6.07) is 5.50. The second-order valence-corrected chi connectivity index (χ2v) is 4.08. The van der Waals surface area contributed by atoms with Crippen LogP contribution in [0.5, 0.6) is 0 Å². The van der Waals surface area contributed by atoms with Crippen LogP contribution in [0, 0.1) is 0 Å². The lowest BCUT2D eigenvalue weighted by Crippen LogP contribution is -1.89. The minimum absolute atomic E-state index is 0.642. The number of benzene rings is 1. The molecular formula is C13H13ClN2. The Kier molecular flexibility index (Phi) is 3.42. The molecule has 82 valence electrons. The lowest BCUT2D eigenvalue weighted by atomic mass is 10.1. The molecule has 2 nitrogen and oxygen atoms in total. The summed E-state index contributed by atoms with van der Waals surface area (Å²) in [5.41, 5.74) is 8.32. The van der Waals surface area contributed by atoms with E-state index in [2.05, 4.69) is 17.1 Å². The summed E-state index contributed by atoms with van der Waals surface area (Å²) in [6.45, 7) is 0. The lowest BCUT2D eigenvalue weighted by molar-refractivity contribution is 1.05. The number of nitrogen functional groups attached to an aromatic ring is 1. The van der Waals surface area contributed by atoms with E-state index in [0.29, 0.717) is 10.7 Å². The number of hydrogen-bond donors (Lipinski definition) is 1. The van der Waals surface area contributed by atoms with Gasteiger partial charge in [-0.25, -0.2) is 0 Å². The van der Waals surface area contributed by atoms with E-state index in [9.17, 15) is 0 Å². The van der Waals surface area contributed by atoms with Gasteiger partial charge in [-0.05, 0) is 37.1 Å². The zero-order valence-corrected chi connectivity index (χ0v) is 9.61. The molecule has 0 spiro atoms. The van der Waals surface area contributed by atoms with Gasteiger partial charge in [0.2, 0.25) is 0 Å². The molecule has 1 aromatic carbocycles. The first-order valence-electron chi connectivity index (χ1n) is 5.21. The standard InChI is InChI=1S/C13H13ClN2/c14-11-7-10(8-12(15)9-11)13-5-3-1-2-4-6-16-13/h2,4-9H,1,3,15H2/b4-2+,13-5-,16-6-. The maximum Gasteiger partial charge on any atom is 0.0663 e. The average Bonchev–Trinajstić information content (AvgIpc) is 2.14. The molecule has 0 aliphatic carbocycles. The van der Waals surface area contributed by atoms with Crippen molar-refractivity contribution in [2.24, 2.45) is 4.99 Å². The third kappa shape index (κ3) is 2.74. The van der Waals surface area contributed by atoms with Gasteiger partial charge >= 0.3 is 0 Å². The third-order valence-corrected chi connectivity index (χ3v) is 2.54. The molecule has 0 bridgehead atoms. The van der Waals surface area contributed by atoms with Gasteiger partial charge in [0.15, 0.2) is 0 Å². The molecule has 0 unspecified atom stereocenters. The van der Waals surface area contributed by atoms with Crippen molar-refractivity contribution < 1.29 is 0 Å². The van der Waals surface area contributed by atoms with Gasteiger partial charge in [0.25, 0.3) is 0 Å². The van der Waals surface area contributed by atoms with Gasteiger partial charge in [0.1, 0.15) is 0 Å². The molecule has 16 heavy (non-hydrogen) atoms. The summed E-state index contributed by atoms with van der Waals surface area (Å²) < 4.78 is 0. The zero-order chi connectivity index (χ0) is 11.4. The second kappa shape index (κ2) is 4.99. The van der Waals surface area contributed by atoms with Gasteiger partial charge in [-0.3, -0.25) is 4.99 Å². The molecule has 2 N–H and O–H groups in total. The normalized spacial score (nSPS) is 22.7. The molecule has 1 heterocycles. The van der Waals surface area contributed by atoms with Crippen LogP contribution >= 0.6 is 11.6 Å². The van der Waals surface area contributed by atoms with Crippen molar-refractivity contribution in [1.29, 1.82) is 0 Å². The first-order chi connectivity index (χ1) is 7.75. The lowest BCUT2D eigenvalue weighted by Gasteiger charge is -2.05. The van der Waals surface area contributed by atoms with Crippen molar-refractivity contribution in [3.05, 3.63) is 47.0 Å². The minimum Gasteiger partial charge on any atom is -0.399 e. The van der Waals surface area contributed by atoms with Crippen LogP contribution < -0.4 is 5.73 Å². The number of allylic oxidation sites excluding steroid dienone is 3. The van der Waals surface area contributed by atoms with Crippen molar-refractivity contribution in [3.8, 4) is 0 Å². The van der Waals surface area contributed by atoms with E-state index in [-0.39, 0.29) is 0 Å². The van der Waals surface area contributed by atoms with Crippen molar-refractivity contribution in [3.63, 3.8) is 0 Å². The molecule has 0 radical (unpaired) electrons. The molecule has 0 atom stereocenters. The molecule has 3 heteroatoms. The van der Waals surface area contributed by atoms with Crippen LogP contribution in [0.4, 0.5) is 5.69 Å². The Morgan fingerprint density at radius 3 is 2.88 bits per heavy atom. The van der Waals surface area contributed by atoms with E-state index in [1.807, 2.05) is 18.2 Å². The van der Waals surface area contributed by atoms with Gasteiger partial charge < -0.3 is 5.73 Å². The zero-order valence-electron chi connectivity index (χ0n) is 8.86. The number of halogens is 1. The maximum absolute atomic E-state index is 5.97. The SMILES string of the molecule is Nc1cc(Cl)cc(C2=C/CC/C=C/C=N\2)c1. The predicted molar refractivity (Wildman–Crippen MR) is 70.7 cm³/mol. The largest absolute Gasteiger partial charge is 0.399 e. The van der Waals surface area contributed by atoms with E-state index < -0.39 is 0 Å². The summed E-state index contributed by atoms with van der Waals surface area (Å²) in [7, 11) is 0. The smallest absolute Gasteiger partial charge is 0.0663 e. The fraction of sp³-hybridized carbons (Fsp3) is 0.154. The minimum atomic E-state index is 0.642. The highest BCUT2D eigenvalue weighted by Gasteiger charge is 2.02. The maximum atomic E-state index is 5.97. The highest BCUT2D eigenvalue weighted by molar-refractivity contribution is 6.31. The summed E-state index contributed by atoms with van der Waals surface area (Å²) in [6.07, 6.45) is 9.97. The van der Waals surface area contributed by atoms with Crippen LogP contribution in [0.2, 0.25) is 5.02 Å². The summed E-state index contributed by atoms with van der Waals surface area (Å²) in [4.78, 5) is 4.37. The number of anilines is 1. The average molecular weight is 233 g/mol. The summed E-state index contributed by atoms with van der Waals surface area (Å²) >= 11 is 5.97. The van der Waals surface area contributed by atoms with Gasteiger partial charge in [0, 0.05) is 22.5 Å². The van der Waals surface area contributed by atoms with Gasteiger partial charge in [-0.1, -0.05) is 23.8 Å². The van der Waals surface area contributed by atoms with Gasteiger partial charge in [-0.15, -0.1) is 0 Å². The number of rotatable bonds is 1. The van der Waals surface area contributed by atoms with E-state index in [1.165, 1.54) is 0 Å². The molecule has 2 rings (SSSR count). The van der Waals surface area contributed by atoms with Crippen molar-refractivity contribution in [2.75, 3.05) is 5.73 Å². The number of nitrogens with two attached hydrogens (primary N) is 1. The molecule has 1 aliphatic rings. The van der Waals surface area contributed by atoms with Crippen LogP contribution in [0.15, 0.2) is 41.4 Å². The van der Waals surface area contributed by atoms with E-state index in [0.717, 1.165) is 24.1 Å². The summed E-state index contributed by atoms with van der Waals surface area (Å²) in [5.74, 6) is 0. The Hall–Kier alpha value is -1.54. The Balaban J connectivity index is 2.38. The van der Waals surface area contributed by atoms with Crippen LogP contribution in [-0.4, -0.2) is 6.21 Å². The number of aliphatic imine (C=N–C) groups is 1. The van der Waals surface area contributed by atoms with Crippen LogP contribution in [0.25, 0.3) is 5.70 Å². The van der Waals surface area contributed by atoms with E-state index in [4.69, 9.17) is 17.3 Å². The van der Waals surface area contributed by atoms with E-state index >= 15 is 0 Å². The molecule has 0 fully saturated rings. The fourth-order valence-corrected chi connectivity index (χ4v) is 1.85. The van der Waals surface area contributed by atoms with Crippen LogP contribution in [0.1, 0.15) is 18.4 Å². The molecule has 0 saturated heterocycles. The molecular weight excluding hydrogens is 220 g/mol. The van der Waals surface area contributed by atoms with Gasteiger partial charge in [-0.2, -0.15) is 0 Å². The Morgan fingerprint density at radius 1 is 1.19 bits per heavy atom. The summed E-state index contributed by atoms with van der Waals surface area (Å²) in [5, 5.41) is 0.642. The van der Waals surface area contributed by atoms with Crippen LogP contribution in [-0.2, 0) is 0 Å². The number of nitrogens with zero attached hydrogens (tertiary/aromatic N) is 1. The molecule has 0 amide bonds. The fourth-order valence-electron chi connectivity index (χ4n) is 1.60. The van der Waals surface area contributed by atoms with Gasteiger partial charge in [0.05, 0.1) is 5.70 Å².